The Bertz CT molecular complexity index is 738. The summed E-state index contributed by atoms with van der Waals surface area (Å²) < 4.78 is 10.5. The van der Waals surface area contributed by atoms with Gasteiger partial charge in [0.25, 0.3) is 0 Å². The van der Waals surface area contributed by atoms with Gasteiger partial charge in [0.15, 0.2) is 0 Å². The highest BCUT2D eigenvalue weighted by atomic mass is 16.5. The molecule has 0 spiro atoms. The third-order valence-corrected chi connectivity index (χ3v) is 8.80. The van der Waals surface area contributed by atoms with E-state index in [1.165, 1.54) is 116 Å². The lowest BCUT2D eigenvalue weighted by Crippen LogP contribution is -2.36. The summed E-state index contributed by atoms with van der Waals surface area (Å²) >= 11 is 0. The number of amides is 1. The van der Waals surface area contributed by atoms with Crippen molar-refractivity contribution in [3.8, 4) is 0 Å². The number of unbranched alkanes of at least 4 members (excludes halogenated alkanes) is 22. The third kappa shape index (κ3) is 35.0. The maximum atomic E-state index is 12.0. The van der Waals surface area contributed by atoms with Gasteiger partial charge in [-0.15, -0.1) is 0 Å². The van der Waals surface area contributed by atoms with Crippen molar-refractivity contribution >= 4 is 18.0 Å². The first-order valence-electron chi connectivity index (χ1n) is 20.1. The van der Waals surface area contributed by atoms with Gasteiger partial charge in [0.2, 0.25) is 0 Å². The second kappa shape index (κ2) is 37.5. The van der Waals surface area contributed by atoms with Crippen LogP contribution in [0.4, 0.5) is 4.79 Å². The number of allylic oxidation sites excluding steroid dienone is 4. The molecule has 0 heterocycles. The summed E-state index contributed by atoms with van der Waals surface area (Å²) in [7, 11) is 0. The van der Waals surface area contributed by atoms with Crippen LogP contribution < -0.4 is 0 Å². The Labute approximate surface area is 295 Å². The van der Waals surface area contributed by atoms with Crippen LogP contribution in [0.2, 0.25) is 0 Å². The van der Waals surface area contributed by atoms with E-state index in [2.05, 4.69) is 38.2 Å². The van der Waals surface area contributed by atoms with Crippen LogP contribution >= 0.6 is 0 Å². The summed E-state index contributed by atoms with van der Waals surface area (Å²) in [5.74, 6) is -0.575. The van der Waals surface area contributed by atoms with Crippen molar-refractivity contribution in [2.75, 3.05) is 26.3 Å². The van der Waals surface area contributed by atoms with Crippen molar-refractivity contribution in [3.05, 3.63) is 24.3 Å². The lowest BCUT2D eigenvalue weighted by atomic mass is 10.1. The molecule has 0 aromatic rings. The van der Waals surface area contributed by atoms with Crippen molar-refractivity contribution in [2.45, 2.75) is 194 Å². The zero-order valence-corrected chi connectivity index (χ0v) is 31.4. The Morgan fingerprint density at radius 1 is 0.458 bits per heavy atom. The van der Waals surface area contributed by atoms with Crippen LogP contribution in [0.15, 0.2) is 24.3 Å². The Hall–Kier alpha value is -2.31. The minimum atomic E-state index is -1.11. The van der Waals surface area contributed by atoms with E-state index in [1.807, 2.05) is 0 Å². The number of carbonyl (C=O) groups is 3. The molecule has 7 nitrogen and oxygen atoms in total. The van der Waals surface area contributed by atoms with Gasteiger partial charge in [-0.2, -0.15) is 0 Å². The van der Waals surface area contributed by atoms with Gasteiger partial charge in [0.1, 0.15) is 13.2 Å². The van der Waals surface area contributed by atoms with E-state index >= 15 is 0 Å². The molecule has 7 heteroatoms. The fraction of sp³-hybridized carbons (Fsp3) is 0.829. The molecule has 48 heavy (non-hydrogen) atoms. The Morgan fingerprint density at radius 3 is 1.06 bits per heavy atom. The number of carboxylic acid groups (broad SMARTS) is 1. The second-order valence-corrected chi connectivity index (χ2v) is 13.4. The van der Waals surface area contributed by atoms with Gasteiger partial charge >= 0.3 is 18.0 Å². The van der Waals surface area contributed by atoms with E-state index in [0.29, 0.717) is 12.8 Å². The van der Waals surface area contributed by atoms with Gasteiger partial charge in [-0.05, 0) is 64.2 Å². The Balaban J connectivity index is 3.65. The van der Waals surface area contributed by atoms with E-state index in [9.17, 15) is 19.5 Å². The van der Waals surface area contributed by atoms with E-state index in [0.717, 1.165) is 56.3 Å². The second-order valence-electron chi connectivity index (χ2n) is 13.4. The summed E-state index contributed by atoms with van der Waals surface area (Å²) in [6.45, 7) is 4.67. The van der Waals surface area contributed by atoms with E-state index in [-0.39, 0.29) is 38.2 Å². The van der Waals surface area contributed by atoms with Gasteiger partial charge in [-0.25, -0.2) is 4.79 Å². The Morgan fingerprint density at radius 2 is 0.750 bits per heavy atom. The number of hydrogen-bond donors (Lipinski definition) is 1. The van der Waals surface area contributed by atoms with Crippen LogP contribution in [0.25, 0.3) is 0 Å². The molecule has 0 radical (unpaired) electrons. The first-order valence-corrected chi connectivity index (χ1v) is 20.1. The lowest BCUT2D eigenvalue weighted by Gasteiger charge is -2.19. The molecule has 0 saturated carbocycles. The van der Waals surface area contributed by atoms with Gasteiger partial charge in [-0.3, -0.25) is 9.59 Å². The fourth-order valence-corrected chi connectivity index (χ4v) is 5.67. The molecule has 0 aliphatic heterocycles. The zero-order chi connectivity index (χ0) is 35.2. The molecule has 0 aromatic heterocycles. The molecule has 0 bridgehead atoms. The minimum absolute atomic E-state index is 0.0130. The van der Waals surface area contributed by atoms with Crippen molar-refractivity contribution in [1.29, 1.82) is 0 Å². The molecule has 0 aliphatic carbocycles. The molecule has 0 fully saturated rings. The lowest BCUT2D eigenvalue weighted by molar-refractivity contribution is -0.144. The summed E-state index contributed by atoms with van der Waals surface area (Å²) in [6.07, 6.45) is 40.2. The van der Waals surface area contributed by atoms with Crippen LogP contribution in [0, 0.1) is 0 Å². The zero-order valence-electron chi connectivity index (χ0n) is 31.4. The van der Waals surface area contributed by atoms with E-state index in [1.54, 1.807) is 0 Å². The maximum absolute atomic E-state index is 12.0. The molecular weight excluding hydrogens is 602 g/mol. The predicted molar refractivity (Wildman–Crippen MR) is 200 cm³/mol. The smallest absolute Gasteiger partial charge is 0.407 e. The monoisotopic (exact) mass is 678 g/mol. The quantitative estimate of drug-likeness (QED) is 0.0403. The summed E-state index contributed by atoms with van der Waals surface area (Å²) in [5, 5.41) is 9.44. The van der Waals surface area contributed by atoms with Crippen LogP contribution in [-0.4, -0.2) is 54.3 Å². The van der Waals surface area contributed by atoms with Crippen LogP contribution in [-0.2, 0) is 19.1 Å². The van der Waals surface area contributed by atoms with E-state index in [4.69, 9.17) is 9.47 Å². The van der Waals surface area contributed by atoms with Gasteiger partial charge in [0, 0.05) is 12.8 Å². The molecule has 0 saturated heterocycles. The van der Waals surface area contributed by atoms with Crippen molar-refractivity contribution in [3.63, 3.8) is 0 Å². The fourth-order valence-electron chi connectivity index (χ4n) is 5.67. The topological polar surface area (TPSA) is 93.1 Å². The maximum Gasteiger partial charge on any atom is 0.407 e. The number of carbonyl (C=O) groups excluding carboxylic acids is 2. The minimum Gasteiger partial charge on any atom is -0.465 e. The largest absolute Gasteiger partial charge is 0.465 e. The van der Waals surface area contributed by atoms with Crippen molar-refractivity contribution < 1.29 is 29.0 Å². The average molecular weight is 678 g/mol. The number of ether oxygens (including phenoxy) is 2. The molecule has 0 rings (SSSR count). The van der Waals surface area contributed by atoms with Gasteiger partial charge in [-0.1, -0.05) is 141 Å². The van der Waals surface area contributed by atoms with Crippen molar-refractivity contribution in [2.24, 2.45) is 0 Å². The average Bonchev–Trinajstić information content (AvgIpc) is 3.07. The molecule has 0 aliphatic rings. The number of rotatable bonds is 36. The number of hydrogen-bond acceptors (Lipinski definition) is 5. The van der Waals surface area contributed by atoms with Crippen LogP contribution in [0.3, 0.4) is 0 Å². The highest BCUT2D eigenvalue weighted by Crippen LogP contribution is 2.12. The van der Waals surface area contributed by atoms with E-state index < -0.39 is 6.09 Å². The third-order valence-electron chi connectivity index (χ3n) is 8.80. The highest BCUT2D eigenvalue weighted by Gasteiger charge is 2.14. The molecule has 1 N–H and O–H groups in total. The molecule has 0 unspecified atom stereocenters. The summed E-state index contributed by atoms with van der Waals surface area (Å²) in [6, 6.07) is 0. The first-order chi connectivity index (χ1) is 23.5. The normalized spacial score (nSPS) is 11.5. The molecule has 0 aromatic carbocycles. The summed E-state index contributed by atoms with van der Waals surface area (Å²) in [4.78, 5) is 36.8. The van der Waals surface area contributed by atoms with Gasteiger partial charge < -0.3 is 19.5 Å². The molecular formula is C41H75NO6. The predicted octanol–water partition coefficient (Wildman–Crippen LogP) is 12.1. The number of nitrogens with zero attached hydrogens (tertiary/aromatic N) is 1. The highest BCUT2D eigenvalue weighted by molar-refractivity contribution is 5.70. The molecule has 280 valence electrons. The van der Waals surface area contributed by atoms with Crippen molar-refractivity contribution in [1.82, 2.24) is 4.90 Å². The summed E-state index contributed by atoms with van der Waals surface area (Å²) in [5.41, 5.74) is 0. The van der Waals surface area contributed by atoms with Crippen LogP contribution in [0.1, 0.15) is 194 Å². The van der Waals surface area contributed by atoms with Gasteiger partial charge in [0.05, 0.1) is 13.1 Å². The molecule has 1 amide bonds. The standard InChI is InChI=1S/C41H75NO6/c1-3-5-7-9-11-13-15-17-19-21-23-25-27-29-31-33-39(43)47-37-35-42(41(45)46)36-38-48-40(44)34-32-30-28-26-24-22-20-18-16-14-12-10-8-6-4-2/h17-20H,3-16,21-38H2,1-2H3,(H,45,46). The molecule has 0 atom stereocenters. The Kier molecular flexibility index (Phi) is 35.7. The van der Waals surface area contributed by atoms with Crippen LogP contribution in [0.5, 0.6) is 0 Å². The SMILES string of the molecule is CCCCCCCCC=CCCCCCCCC(=O)OCCN(CCOC(=O)CCCCCCCC=CCCCCCCCC)C(=O)O. The number of esters is 2. The first kappa shape index (κ1) is 45.7.